The molecule has 1 aromatic carbocycles. The molecule has 3 aromatic rings. The van der Waals surface area contributed by atoms with Crippen LogP contribution < -0.4 is 5.32 Å². The molecule has 0 spiro atoms. The van der Waals surface area contributed by atoms with Gasteiger partial charge in [-0.3, -0.25) is 4.79 Å². The highest BCUT2D eigenvalue weighted by Gasteiger charge is 2.11. The Kier molecular flexibility index (Phi) is 4.70. The molecular formula is C16H15N3OS2. The lowest BCUT2D eigenvalue weighted by atomic mass is 10.2. The Balaban J connectivity index is 1.97. The van der Waals surface area contributed by atoms with Crippen molar-refractivity contribution in [3.05, 3.63) is 41.8 Å². The van der Waals surface area contributed by atoms with Gasteiger partial charge in [0.2, 0.25) is 5.91 Å². The van der Waals surface area contributed by atoms with Crippen LogP contribution in [0.25, 0.3) is 21.6 Å². The lowest BCUT2D eigenvalue weighted by Gasteiger charge is -2.07. The minimum absolute atomic E-state index is 0.0212. The summed E-state index contributed by atoms with van der Waals surface area (Å²) in [5.74, 6) is 1.10. The zero-order valence-corrected chi connectivity index (χ0v) is 13.7. The number of nitrogens with zero attached hydrogens (tertiary/aromatic N) is 2. The highest BCUT2D eigenvalue weighted by Crippen LogP contribution is 2.29. The fourth-order valence-electron chi connectivity index (χ4n) is 2.06. The number of carbonyl (C=O) groups is 1. The molecule has 1 N–H and O–H groups in total. The lowest BCUT2D eigenvalue weighted by molar-refractivity contribution is -0.118. The van der Waals surface area contributed by atoms with Crippen LogP contribution in [0.4, 0.5) is 0 Å². The summed E-state index contributed by atoms with van der Waals surface area (Å²) in [4.78, 5) is 22.0. The number of carbonyl (C=O) groups excluding carboxylic acids is 1. The molecule has 0 fully saturated rings. The number of rotatable bonds is 5. The molecule has 0 radical (unpaired) electrons. The predicted molar refractivity (Wildman–Crippen MR) is 92.3 cm³/mol. The van der Waals surface area contributed by atoms with Gasteiger partial charge in [-0.05, 0) is 24.4 Å². The van der Waals surface area contributed by atoms with Gasteiger partial charge in [0.15, 0.2) is 5.82 Å². The van der Waals surface area contributed by atoms with Gasteiger partial charge in [-0.1, -0.05) is 36.0 Å². The molecule has 6 heteroatoms. The van der Waals surface area contributed by atoms with Crippen LogP contribution in [-0.4, -0.2) is 28.2 Å². The van der Waals surface area contributed by atoms with E-state index in [-0.39, 0.29) is 5.91 Å². The highest BCUT2D eigenvalue weighted by atomic mass is 32.2. The van der Waals surface area contributed by atoms with Crippen molar-refractivity contribution in [1.82, 2.24) is 15.3 Å². The number of thioether (sulfide) groups is 1. The lowest BCUT2D eigenvalue weighted by Crippen LogP contribution is -2.24. The van der Waals surface area contributed by atoms with E-state index in [0.717, 1.165) is 20.8 Å². The number of thiophene rings is 1. The van der Waals surface area contributed by atoms with Crippen molar-refractivity contribution in [1.29, 1.82) is 0 Å². The Morgan fingerprint density at radius 2 is 2.09 bits per heavy atom. The molecule has 3 rings (SSSR count). The number of benzene rings is 1. The Labute approximate surface area is 137 Å². The molecule has 112 valence electrons. The molecule has 4 nitrogen and oxygen atoms in total. The van der Waals surface area contributed by atoms with E-state index >= 15 is 0 Å². The van der Waals surface area contributed by atoms with Gasteiger partial charge >= 0.3 is 0 Å². The summed E-state index contributed by atoms with van der Waals surface area (Å²) < 4.78 is 0. The minimum Gasteiger partial charge on any atom is -0.356 e. The summed E-state index contributed by atoms with van der Waals surface area (Å²) in [7, 11) is 0. The largest absolute Gasteiger partial charge is 0.356 e. The molecule has 2 aromatic heterocycles. The number of fused-ring (bicyclic) bond motifs is 1. The molecule has 0 aliphatic rings. The second-order valence-electron chi connectivity index (χ2n) is 4.59. The van der Waals surface area contributed by atoms with Crippen LogP contribution in [0.15, 0.2) is 46.8 Å². The van der Waals surface area contributed by atoms with Crippen LogP contribution >= 0.6 is 23.1 Å². The van der Waals surface area contributed by atoms with E-state index in [0.29, 0.717) is 18.1 Å². The second kappa shape index (κ2) is 6.89. The molecule has 0 atom stereocenters. The van der Waals surface area contributed by atoms with E-state index in [4.69, 9.17) is 0 Å². The van der Waals surface area contributed by atoms with Gasteiger partial charge in [-0.15, -0.1) is 11.3 Å². The smallest absolute Gasteiger partial charge is 0.230 e. The number of hydrogen-bond donors (Lipinski definition) is 1. The molecule has 0 unspecified atom stereocenters. The van der Waals surface area contributed by atoms with Gasteiger partial charge in [0.25, 0.3) is 0 Å². The molecule has 2 heterocycles. The summed E-state index contributed by atoms with van der Waals surface area (Å²) in [6.45, 7) is 2.56. The van der Waals surface area contributed by atoms with Gasteiger partial charge in [-0.25, -0.2) is 9.97 Å². The van der Waals surface area contributed by atoms with Crippen molar-refractivity contribution < 1.29 is 4.79 Å². The molecule has 0 aliphatic heterocycles. The number of amides is 1. The fourth-order valence-corrected chi connectivity index (χ4v) is 3.56. The fraction of sp³-hybridized carbons (Fsp3) is 0.188. The van der Waals surface area contributed by atoms with E-state index in [2.05, 4.69) is 15.3 Å². The van der Waals surface area contributed by atoms with Gasteiger partial charge in [0.1, 0.15) is 5.03 Å². The van der Waals surface area contributed by atoms with E-state index < -0.39 is 0 Å². The predicted octanol–water partition coefficient (Wildman–Crippen LogP) is 3.59. The molecular weight excluding hydrogens is 314 g/mol. The van der Waals surface area contributed by atoms with Crippen LogP contribution in [-0.2, 0) is 4.79 Å². The van der Waals surface area contributed by atoms with Crippen molar-refractivity contribution in [2.75, 3.05) is 12.3 Å². The van der Waals surface area contributed by atoms with E-state index in [1.165, 1.54) is 11.8 Å². The third kappa shape index (κ3) is 3.28. The van der Waals surface area contributed by atoms with Crippen molar-refractivity contribution >= 4 is 39.9 Å². The Morgan fingerprint density at radius 3 is 2.86 bits per heavy atom. The number of aromatic nitrogens is 2. The number of hydrogen-bond acceptors (Lipinski definition) is 5. The first-order chi connectivity index (χ1) is 10.8. The second-order valence-corrected chi connectivity index (χ2v) is 6.50. The van der Waals surface area contributed by atoms with E-state index in [1.54, 1.807) is 11.3 Å². The van der Waals surface area contributed by atoms with Gasteiger partial charge in [0.05, 0.1) is 16.1 Å². The molecule has 22 heavy (non-hydrogen) atoms. The van der Waals surface area contributed by atoms with E-state index in [9.17, 15) is 4.79 Å². The summed E-state index contributed by atoms with van der Waals surface area (Å²) in [6, 6.07) is 11.9. The summed E-state index contributed by atoms with van der Waals surface area (Å²) >= 11 is 3.06. The van der Waals surface area contributed by atoms with Crippen LogP contribution in [0.1, 0.15) is 6.92 Å². The average molecular weight is 329 g/mol. The Morgan fingerprint density at radius 1 is 1.23 bits per heavy atom. The first kappa shape index (κ1) is 15.0. The molecule has 1 amide bonds. The van der Waals surface area contributed by atoms with Crippen molar-refractivity contribution in [2.45, 2.75) is 11.9 Å². The standard InChI is InChI=1S/C16H15N3OS2/c1-2-17-14(20)10-22-16-11-6-3-4-7-12(11)18-15(19-16)13-8-5-9-21-13/h3-9H,2,10H2,1H3,(H,17,20). The SMILES string of the molecule is CCNC(=O)CSc1nc(-c2cccs2)nc2ccccc12. The van der Waals surface area contributed by atoms with Crippen LogP contribution in [0.5, 0.6) is 0 Å². The van der Waals surface area contributed by atoms with Crippen molar-refractivity contribution in [3.63, 3.8) is 0 Å². The summed E-state index contributed by atoms with van der Waals surface area (Å²) in [6.07, 6.45) is 0. The first-order valence-electron chi connectivity index (χ1n) is 6.98. The highest BCUT2D eigenvalue weighted by molar-refractivity contribution is 8.00. The quantitative estimate of drug-likeness (QED) is 0.574. The average Bonchev–Trinajstić information content (AvgIpc) is 3.07. The van der Waals surface area contributed by atoms with Crippen LogP contribution in [0.2, 0.25) is 0 Å². The normalized spacial score (nSPS) is 10.8. The topological polar surface area (TPSA) is 54.9 Å². The maximum Gasteiger partial charge on any atom is 0.230 e. The first-order valence-corrected chi connectivity index (χ1v) is 8.84. The maximum atomic E-state index is 11.7. The number of nitrogens with one attached hydrogen (secondary N) is 1. The van der Waals surface area contributed by atoms with E-state index in [1.807, 2.05) is 48.7 Å². The summed E-state index contributed by atoms with van der Waals surface area (Å²) in [5, 5.41) is 6.65. The third-order valence-corrected chi connectivity index (χ3v) is 4.88. The maximum absolute atomic E-state index is 11.7. The van der Waals surface area contributed by atoms with Gasteiger partial charge < -0.3 is 5.32 Å². The Hall–Kier alpha value is -1.92. The van der Waals surface area contributed by atoms with Crippen molar-refractivity contribution in [3.8, 4) is 10.7 Å². The van der Waals surface area contributed by atoms with Gasteiger partial charge in [0, 0.05) is 11.9 Å². The molecule has 0 bridgehead atoms. The van der Waals surface area contributed by atoms with Gasteiger partial charge in [-0.2, -0.15) is 0 Å². The molecule has 0 saturated carbocycles. The molecule has 0 aliphatic carbocycles. The zero-order chi connectivity index (χ0) is 15.4. The molecule has 0 saturated heterocycles. The summed E-state index contributed by atoms with van der Waals surface area (Å²) in [5.41, 5.74) is 0.902. The van der Waals surface area contributed by atoms with Crippen LogP contribution in [0, 0.1) is 0 Å². The Bertz CT molecular complexity index is 787. The van der Waals surface area contributed by atoms with Crippen LogP contribution in [0.3, 0.4) is 0 Å². The van der Waals surface area contributed by atoms with Crippen molar-refractivity contribution in [2.24, 2.45) is 0 Å². The third-order valence-electron chi connectivity index (χ3n) is 3.02. The number of para-hydroxylation sites is 1. The monoisotopic (exact) mass is 329 g/mol. The minimum atomic E-state index is 0.0212. The zero-order valence-electron chi connectivity index (χ0n) is 12.1.